The Bertz CT molecular complexity index is 571. The molecule has 160 valence electrons. The van der Waals surface area contributed by atoms with Crippen LogP contribution in [0.5, 0.6) is 0 Å². The molecule has 0 aromatic rings. The zero-order chi connectivity index (χ0) is 21.9. The van der Waals surface area contributed by atoms with Crippen LogP contribution >= 0.6 is 0 Å². The SMILES string of the molecule is COC[C@@H](OC(C)=O)[C@H](OC(C)=O)[C@H](OC(C)=O)[C@H](COC(C)=O)OC(C)=O. The Labute approximate surface area is 162 Å². The lowest BCUT2D eigenvalue weighted by Crippen LogP contribution is -2.54. The van der Waals surface area contributed by atoms with Gasteiger partial charge in [0.1, 0.15) is 6.61 Å². The summed E-state index contributed by atoms with van der Waals surface area (Å²) in [5, 5.41) is 0. The Morgan fingerprint density at radius 1 is 0.571 bits per heavy atom. The molecule has 0 radical (unpaired) electrons. The molecule has 0 rings (SSSR count). The largest absolute Gasteiger partial charge is 0.462 e. The fraction of sp³-hybridized carbons (Fsp3) is 0.706. The molecule has 0 N–H and O–H groups in total. The first-order valence-electron chi connectivity index (χ1n) is 8.29. The van der Waals surface area contributed by atoms with Gasteiger partial charge in [0.05, 0.1) is 6.61 Å². The minimum absolute atomic E-state index is 0.227. The van der Waals surface area contributed by atoms with Crippen molar-refractivity contribution >= 4 is 29.8 Å². The summed E-state index contributed by atoms with van der Waals surface area (Å²) in [4.78, 5) is 57.3. The van der Waals surface area contributed by atoms with Crippen LogP contribution in [0.25, 0.3) is 0 Å². The molecule has 0 saturated heterocycles. The van der Waals surface area contributed by atoms with E-state index in [1.54, 1.807) is 0 Å². The predicted octanol–water partition coefficient (Wildman–Crippen LogP) is -0.0773. The number of methoxy groups -OCH3 is 1. The fourth-order valence-electron chi connectivity index (χ4n) is 2.27. The summed E-state index contributed by atoms with van der Waals surface area (Å²) in [5.41, 5.74) is 0. The minimum Gasteiger partial charge on any atom is -0.462 e. The number of carbonyl (C=O) groups is 5. The molecule has 4 atom stereocenters. The summed E-state index contributed by atoms with van der Waals surface area (Å²) in [6, 6.07) is 0. The van der Waals surface area contributed by atoms with Crippen LogP contribution in [0.4, 0.5) is 0 Å². The number of rotatable bonds is 11. The van der Waals surface area contributed by atoms with Crippen molar-refractivity contribution in [1.82, 2.24) is 0 Å². The van der Waals surface area contributed by atoms with Crippen LogP contribution in [0.1, 0.15) is 34.6 Å². The highest BCUT2D eigenvalue weighted by Gasteiger charge is 2.43. The van der Waals surface area contributed by atoms with Gasteiger partial charge >= 0.3 is 29.8 Å². The molecule has 0 aliphatic rings. The molecule has 0 aromatic carbocycles. The van der Waals surface area contributed by atoms with E-state index in [0.717, 1.165) is 34.6 Å². The normalized spacial score (nSPS) is 14.6. The molecule has 0 saturated carbocycles. The second-order valence-corrected chi connectivity index (χ2v) is 5.70. The van der Waals surface area contributed by atoms with E-state index >= 15 is 0 Å². The van der Waals surface area contributed by atoms with Crippen LogP contribution in [-0.2, 0) is 52.4 Å². The van der Waals surface area contributed by atoms with Gasteiger partial charge in [-0.2, -0.15) is 0 Å². The van der Waals surface area contributed by atoms with Crippen LogP contribution in [0.3, 0.4) is 0 Å². The third-order valence-electron chi connectivity index (χ3n) is 3.08. The van der Waals surface area contributed by atoms with Crippen molar-refractivity contribution in [3.63, 3.8) is 0 Å². The highest BCUT2D eigenvalue weighted by Crippen LogP contribution is 2.20. The Kier molecular flexibility index (Phi) is 11.4. The Morgan fingerprint density at radius 2 is 0.929 bits per heavy atom. The first-order valence-corrected chi connectivity index (χ1v) is 8.29. The lowest BCUT2D eigenvalue weighted by molar-refractivity contribution is -0.205. The van der Waals surface area contributed by atoms with Gasteiger partial charge in [-0.3, -0.25) is 24.0 Å². The summed E-state index contributed by atoms with van der Waals surface area (Å²) < 4.78 is 30.4. The fourth-order valence-corrected chi connectivity index (χ4v) is 2.27. The lowest BCUT2D eigenvalue weighted by Gasteiger charge is -2.35. The minimum atomic E-state index is -1.45. The zero-order valence-electron chi connectivity index (χ0n) is 16.7. The second-order valence-electron chi connectivity index (χ2n) is 5.70. The van der Waals surface area contributed by atoms with E-state index in [1.165, 1.54) is 7.11 Å². The Hall–Kier alpha value is -2.69. The molecule has 0 unspecified atom stereocenters. The smallest absolute Gasteiger partial charge is 0.303 e. The molecule has 0 bridgehead atoms. The number of esters is 5. The standard InChI is InChI=1S/C17H26O11/c1-9(18)24-8-15(26-11(3)20)17(28-13(5)22)16(27-12(4)21)14(7-23-6)25-10(2)19/h14-17H,7-8H2,1-6H3/t14-,15+,16+,17-/m1/s1. The van der Waals surface area contributed by atoms with Crippen molar-refractivity contribution in [1.29, 1.82) is 0 Å². The third kappa shape index (κ3) is 10.5. The van der Waals surface area contributed by atoms with Crippen LogP contribution < -0.4 is 0 Å². The molecule has 0 fully saturated rings. The van der Waals surface area contributed by atoms with Crippen molar-refractivity contribution in [3.8, 4) is 0 Å². The predicted molar refractivity (Wildman–Crippen MR) is 90.7 cm³/mol. The van der Waals surface area contributed by atoms with Crippen LogP contribution in [-0.4, -0.2) is 74.6 Å². The Morgan fingerprint density at radius 3 is 1.21 bits per heavy atom. The Balaban J connectivity index is 6.06. The van der Waals surface area contributed by atoms with E-state index in [1.807, 2.05) is 0 Å². The van der Waals surface area contributed by atoms with Gasteiger partial charge < -0.3 is 28.4 Å². The molecular weight excluding hydrogens is 380 g/mol. The molecule has 0 heterocycles. The van der Waals surface area contributed by atoms with Gasteiger partial charge in [-0.15, -0.1) is 0 Å². The van der Waals surface area contributed by atoms with Gasteiger partial charge in [0.25, 0.3) is 0 Å². The average Bonchev–Trinajstić information content (AvgIpc) is 2.53. The van der Waals surface area contributed by atoms with Gasteiger partial charge in [0, 0.05) is 41.7 Å². The summed E-state index contributed by atoms with van der Waals surface area (Å²) in [6.07, 6.45) is -5.41. The van der Waals surface area contributed by atoms with E-state index in [-0.39, 0.29) is 6.61 Å². The summed E-state index contributed by atoms with van der Waals surface area (Å²) in [5.74, 6) is -3.77. The highest BCUT2D eigenvalue weighted by molar-refractivity contribution is 5.69. The zero-order valence-corrected chi connectivity index (χ0v) is 16.7. The number of hydrogen-bond donors (Lipinski definition) is 0. The average molecular weight is 406 g/mol. The van der Waals surface area contributed by atoms with Gasteiger partial charge in [0.2, 0.25) is 0 Å². The maximum absolute atomic E-state index is 11.6. The number of carbonyl (C=O) groups excluding carboxylic acids is 5. The maximum atomic E-state index is 11.6. The van der Waals surface area contributed by atoms with E-state index in [0.29, 0.717) is 0 Å². The molecule has 0 amide bonds. The lowest BCUT2D eigenvalue weighted by atomic mass is 10.0. The van der Waals surface area contributed by atoms with E-state index in [2.05, 4.69) is 0 Å². The first-order chi connectivity index (χ1) is 13.0. The number of hydrogen-bond acceptors (Lipinski definition) is 11. The molecule has 0 aromatic heterocycles. The third-order valence-corrected chi connectivity index (χ3v) is 3.08. The van der Waals surface area contributed by atoms with E-state index in [9.17, 15) is 24.0 Å². The second kappa shape index (κ2) is 12.7. The van der Waals surface area contributed by atoms with Crippen LogP contribution in [0.2, 0.25) is 0 Å². The molecule has 28 heavy (non-hydrogen) atoms. The van der Waals surface area contributed by atoms with Gasteiger partial charge in [-0.25, -0.2) is 0 Å². The molecule has 11 heteroatoms. The van der Waals surface area contributed by atoms with Crippen molar-refractivity contribution in [3.05, 3.63) is 0 Å². The van der Waals surface area contributed by atoms with E-state index < -0.39 is 60.9 Å². The van der Waals surface area contributed by atoms with Crippen molar-refractivity contribution in [2.24, 2.45) is 0 Å². The summed E-state index contributed by atoms with van der Waals surface area (Å²) >= 11 is 0. The number of ether oxygens (including phenoxy) is 6. The summed E-state index contributed by atoms with van der Waals surface area (Å²) in [7, 11) is 1.31. The highest BCUT2D eigenvalue weighted by atomic mass is 16.6. The van der Waals surface area contributed by atoms with Crippen LogP contribution in [0, 0.1) is 0 Å². The molecular formula is C17H26O11. The van der Waals surface area contributed by atoms with Crippen molar-refractivity contribution < 1.29 is 52.4 Å². The van der Waals surface area contributed by atoms with Crippen molar-refractivity contribution in [2.45, 2.75) is 59.0 Å². The summed E-state index contributed by atoms with van der Waals surface area (Å²) in [6.45, 7) is 4.78. The van der Waals surface area contributed by atoms with Crippen molar-refractivity contribution in [2.75, 3.05) is 20.3 Å². The first kappa shape index (κ1) is 25.3. The van der Waals surface area contributed by atoms with Gasteiger partial charge in [-0.1, -0.05) is 0 Å². The molecule has 0 spiro atoms. The molecule has 11 nitrogen and oxygen atoms in total. The quantitative estimate of drug-likeness (QED) is 0.336. The molecule has 0 aliphatic heterocycles. The monoisotopic (exact) mass is 406 g/mol. The van der Waals surface area contributed by atoms with Gasteiger partial charge in [-0.05, 0) is 0 Å². The van der Waals surface area contributed by atoms with E-state index in [4.69, 9.17) is 28.4 Å². The van der Waals surface area contributed by atoms with Crippen LogP contribution in [0.15, 0.2) is 0 Å². The maximum Gasteiger partial charge on any atom is 0.303 e. The molecule has 0 aliphatic carbocycles. The topological polar surface area (TPSA) is 141 Å². The van der Waals surface area contributed by atoms with Gasteiger partial charge in [0.15, 0.2) is 24.4 Å².